The number of fused-ring (bicyclic) bond motifs is 1. The van der Waals surface area contributed by atoms with E-state index < -0.39 is 0 Å². The molecule has 27 heavy (non-hydrogen) atoms. The molecule has 5 nitrogen and oxygen atoms in total. The third-order valence-corrected chi connectivity index (χ3v) is 5.56. The Hall–Kier alpha value is -1.31. The maximum Gasteiger partial charge on any atom is 0.244 e. The number of rotatable bonds is 4. The van der Waals surface area contributed by atoms with Crippen molar-refractivity contribution in [1.82, 2.24) is 15.5 Å². The lowest BCUT2D eigenvalue weighted by Gasteiger charge is -2.29. The molecule has 1 aliphatic carbocycles. The van der Waals surface area contributed by atoms with Gasteiger partial charge in [0, 0.05) is 25.7 Å². The van der Waals surface area contributed by atoms with E-state index in [4.69, 9.17) is 0 Å². The number of hydrogen-bond donors (Lipinski definition) is 2. The Morgan fingerprint density at radius 2 is 1.89 bits per heavy atom. The topological polar surface area (TPSA) is 56.7 Å². The molecule has 1 heterocycles. The molecule has 0 spiro atoms. The fourth-order valence-corrected chi connectivity index (χ4v) is 3.87. The summed E-state index contributed by atoms with van der Waals surface area (Å²) in [6, 6.07) is 8.87. The second-order valence-corrected chi connectivity index (χ2v) is 7.63. The van der Waals surface area contributed by atoms with E-state index in [2.05, 4.69) is 47.7 Å². The molecule has 6 heteroatoms. The Morgan fingerprint density at radius 3 is 2.59 bits per heavy atom. The first-order chi connectivity index (χ1) is 12.7. The number of guanidine groups is 1. The molecule has 150 valence electrons. The van der Waals surface area contributed by atoms with Gasteiger partial charge in [-0.05, 0) is 56.1 Å². The van der Waals surface area contributed by atoms with Crippen LogP contribution in [0.25, 0.3) is 0 Å². The van der Waals surface area contributed by atoms with Gasteiger partial charge in [0.15, 0.2) is 5.96 Å². The Morgan fingerprint density at radius 1 is 1.19 bits per heavy atom. The Kier molecular flexibility index (Phi) is 8.86. The number of benzene rings is 1. The Labute approximate surface area is 180 Å². The van der Waals surface area contributed by atoms with Gasteiger partial charge in [0.25, 0.3) is 0 Å². The molecule has 1 fully saturated rings. The highest BCUT2D eigenvalue weighted by atomic mass is 127. The second-order valence-electron chi connectivity index (χ2n) is 7.63. The molecule has 0 aromatic heterocycles. The lowest BCUT2D eigenvalue weighted by atomic mass is 9.87. The van der Waals surface area contributed by atoms with E-state index in [1.165, 1.54) is 36.8 Å². The predicted octanol–water partition coefficient (Wildman–Crippen LogP) is 3.32. The molecular formula is C21H33IN4O. The highest BCUT2D eigenvalue weighted by Gasteiger charge is 2.21. The van der Waals surface area contributed by atoms with Crippen LogP contribution in [-0.2, 0) is 17.8 Å². The summed E-state index contributed by atoms with van der Waals surface area (Å²) >= 11 is 0. The third kappa shape index (κ3) is 6.36. The highest BCUT2D eigenvalue weighted by molar-refractivity contribution is 14.0. The molecule has 0 saturated heterocycles. The van der Waals surface area contributed by atoms with E-state index in [9.17, 15) is 4.79 Å². The van der Waals surface area contributed by atoms with Crippen LogP contribution in [-0.4, -0.2) is 42.4 Å². The van der Waals surface area contributed by atoms with Gasteiger partial charge in [-0.25, -0.2) is 4.99 Å². The summed E-state index contributed by atoms with van der Waals surface area (Å²) in [5.74, 6) is 1.71. The number of carbonyl (C=O) groups is 1. The smallest absolute Gasteiger partial charge is 0.244 e. The van der Waals surface area contributed by atoms with Crippen molar-refractivity contribution in [2.75, 3.05) is 19.6 Å². The molecular weight excluding hydrogens is 451 g/mol. The van der Waals surface area contributed by atoms with Crippen LogP contribution in [0.3, 0.4) is 0 Å². The summed E-state index contributed by atoms with van der Waals surface area (Å²) in [5, 5.41) is 6.80. The van der Waals surface area contributed by atoms with E-state index in [-0.39, 0.29) is 36.4 Å². The number of hydrogen-bond acceptors (Lipinski definition) is 2. The van der Waals surface area contributed by atoms with Crippen LogP contribution >= 0.6 is 24.0 Å². The Balaban J connectivity index is 0.00000261. The SMILES string of the molecule is CCNC(=NCC(=O)N1CCc2ccccc2C1)NC1CCC(C)CC1.I. The molecule has 0 radical (unpaired) electrons. The number of halogens is 1. The zero-order valence-electron chi connectivity index (χ0n) is 16.5. The monoisotopic (exact) mass is 484 g/mol. The van der Waals surface area contributed by atoms with Crippen LogP contribution in [0.1, 0.15) is 50.7 Å². The first kappa shape index (κ1) is 22.0. The van der Waals surface area contributed by atoms with Crippen LogP contribution in [0.15, 0.2) is 29.3 Å². The van der Waals surface area contributed by atoms with Gasteiger partial charge in [-0.15, -0.1) is 24.0 Å². The molecule has 1 amide bonds. The molecule has 0 unspecified atom stereocenters. The van der Waals surface area contributed by atoms with Gasteiger partial charge < -0.3 is 15.5 Å². The van der Waals surface area contributed by atoms with Crippen molar-refractivity contribution in [3.05, 3.63) is 35.4 Å². The number of nitrogens with one attached hydrogen (secondary N) is 2. The molecule has 1 saturated carbocycles. The van der Waals surface area contributed by atoms with Crippen LogP contribution < -0.4 is 10.6 Å². The van der Waals surface area contributed by atoms with Gasteiger partial charge in [-0.2, -0.15) is 0 Å². The maximum absolute atomic E-state index is 12.6. The second kappa shape index (κ2) is 10.9. The molecule has 2 aliphatic rings. The largest absolute Gasteiger partial charge is 0.357 e. The molecule has 1 aliphatic heterocycles. The van der Waals surface area contributed by atoms with Gasteiger partial charge in [0.1, 0.15) is 6.54 Å². The van der Waals surface area contributed by atoms with Crippen molar-refractivity contribution in [2.45, 2.75) is 58.5 Å². The minimum atomic E-state index is 0. The first-order valence-electron chi connectivity index (χ1n) is 10.0. The zero-order chi connectivity index (χ0) is 18.4. The number of carbonyl (C=O) groups excluding carboxylic acids is 1. The van der Waals surface area contributed by atoms with Crippen molar-refractivity contribution >= 4 is 35.8 Å². The average Bonchev–Trinajstić information content (AvgIpc) is 2.67. The third-order valence-electron chi connectivity index (χ3n) is 5.56. The van der Waals surface area contributed by atoms with Gasteiger partial charge >= 0.3 is 0 Å². The predicted molar refractivity (Wildman–Crippen MR) is 122 cm³/mol. The Bertz CT molecular complexity index is 641. The zero-order valence-corrected chi connectivity index (χ0v) is 18.9. The van der Waals surface area contributed by atoms with Crippen molar-refractivity contribution in [3.63, 3.8) is 0 Å². The highest BCUT2D eigenvalue weighted by Crippen LogP contribution is 2.23. The van der Waals surface area contributed by atoms with E-state index in [0.29, 0.717) is 12.6 Å². The molecule has 3 rings (SSSR count). The average molecular weight is 484 g/mol. The summed E-state index contributed by atoms with van der Waals surface area (Å²) in [7, 11) is 0. The quantitative estimate of drug-likeness (QED) is 0.392. The molecule has 1 aromatic rings. The molecule has 0 bridgehead atoms. The molecule has 1 aromatic carbocycles. The van der Waals surface area contributed by atoms with Crippen LogP contribution in [0, 0.1) is 5.92 Å². The van der Waals surface area contributed by atoms with E-state index in [0.717, 1.165) is 31.4 Å². The fraction of sp³-hybridized carbons (Fsp3) is 0.619. The van der Waals surface area contributed by atoms with Crippen molar-refractivity contribution in [1.29, 1.82) is 0 Å². The van der Waals surface area contributed by atoms with Gasteiger partial charge in [0.05, 0.1) is 0 Å². The number of nitrogens with zero attached hydrogens (tertiary/aromatic N) is 2. The normalized spacial score (nSPS) is 22.4. The summed E-state index contributed by atoms with van der Waals surface area (Å²) in [5.41, 5.74) is 2.62. The summed E-state index contributed by atoms with van der Waals surface area (Å²) in [6.07, 6.45) is 5.83. The van der Waals surface area contributed by atoms with E-state index in [1.54, 1.807) is 0 Å². The maximum atomic E-state index is 12.6. The van der Waals surface area contributed by atoms with Gasteiger partial charge in [-0.1, -0.05) is 31.2 Å². The number of amides is 1. The summed E-state index contributed by atoms with van der Waals surface area (Å²) in [6.45, 7) is 6.89. The minimum absolute atomic E-state index is 0. The summed E-state index contributed by atoms with van der Waals surface area (Å²) in [4.78, 5) is 19.1. The van der Waals surface area contributed by atoms with Crippen LogP contribution in [0.5, 0.6) is 0 Å². The van der Waals surface area contributed by atoms with Crippen LogP contribution in [0.4, 0.5) is 0 Å². The fourth-order valence-electron chi connectivity index (χ4n) is 3.87. The molecule has 2 N–H and O–H groups in total. The first-order valence-corrected chi connectivity index (χ1v) is 10.0. The van der Waals surface area contributed by atoms with Crippen LogP contribution in [0.2, 0.25) is 0 Å². The van der Waals surface area contributed by atoms with Crippen molar-refractivity contribution < 1.29 is 4.79 Å². The van der Waals surface area contributed by atoms with E-state index >= 15 is 0 Å². The molecule has 0 atom stereocenters. The standard InChI is InChI=1S/C21H32N4O.HI/c1-3-22-21(24-19-10-8-16(2)9-11-19)23-14-20(26)25-13-12-17-6-4-5-7-18(17)15-25;/h4-7,16,19H,3,8-15H2,1-2H3,(H2,22,23,24);1H. The van der Waals surface area contributed by atoms with Crippen molar-refractivity contribution in [2.24, 2.45) is 10.9 Å². The van der Waals surface area contributed by atoms with Gasteiger partial charge in [-0.3, -0.25) is 4.79 Å². The van der Waals surface area contributed by atoms with E-state index in [1.807, 2.05) is 11.0 Å². The lowest BCUT2D eigenvalue weighted by Crippen LogP contribution is -2.45. The lowest BCUT2D eigenvalue weighted by molar-refractivity contribution is -0.130. The number of aliphatic imine (C=N–C) groups is 1. The minimum Gasteiger partial charge on any atom is -0.357 e. The van der Waals surface area contributed by atoms with Gasteiger partial charge in [0.2, 0.25) is 5.91 Å². The van der Waals surface area contributed by atoms with Crippen molar-refractivity contribution in [3.8, 4) is 0 Å². The summed E-state index contributed by atoms with van der Waals surface area (Å²) < 4.78 is 0.